The van der Waals surface area contributed by atoms with Crippen molar-refractivity contribution in [1.82, 2.24) is 9.88 Å². The average Bonchev–Trinajstić information content (AvgIpc) is 3.38. The molecule has 2 heterocycles. The Morgan fingerprint density at radius 1 is 1.36 bits per heavy atom. The third-order valence-corrected chi connectivity index (χ3v) is 5.53. The van der Waals surface area contributed by atoms with Gasteiger partial charge in [-0.2, -0.15) is 5.26 Å². The van der Waals surface area contributed by atoms with E-state index in [4.69, 9.17) is 5.73 Å². The smallest absolute Gasteiger partial charge is 0.242 e. The lowest BCUT2D eigenvalue weighted by Crippen LogP contribution is -2.50. The van der Waals surface area contributed by atoms with E-state index in [2.05, 4.69) is 18.0 Å². The minimum absolute atomic E-state index is 0.0973. The highest BCUT2D eigenvalue weighted by Crippen LogP contribution is 2.39. The van der Waals surface area contributed by atoms with E-state index in [0.29, 0.717) is 18.0 Å². The van der Waals surface area contributed by atoms with Crippen molar-refractivity contribution in [3.63, 3.8) is 0 Å². The van der Waals surface area contributed by atoms with Gasteiger partial charge in [-0.15, -0.1) is 0 Å². The molecule has 1 saturated carbocycles. The lowest BCUT2D eigenvalue weighted by molar-refractivity contribution is -0.135. The summed E-state index contributed by atoms with van der Waals surface area (Å²) in [5.74, 6) is 0.766. The first kappa shape index (κ1) is 16.0. The van der Waals surface area contributed by atoms with Crippen LogP contribution in [0.2, 0.25) is 0 Å². The number of hydrogen-bond donors (Lipinski definition) is 1. The first-order valence-electron chi connectivity index (χ1n) is 8.88. The van der Waals surface area contributed by atoms with Crippen LogP contribution >= 0.6 is 0 Å². The maximum atomic E-state index is 12.7. The topological polar surface area (TPSA) is 83.0 Å². The fraction of sp³-hybridized carbons (Fsp3) is 0.450. The van der Waals surface area contributed by atoms with Crippen LogP contribution in [0, 0.1) is 17.2 Å². The maximum Gasteiger partial charge on any atom is 0.242 e. The molecule has 2 unspecified atom stereocenters. The van der Waals surface area contributed by atoms with E-state index in [-0.39, 0.29) is 11.8 Å². The van der Waals surface area contributed by atoms with Crippen LogP contribution in [0.3, 0.4) is 0 Å². The molecular weight excluding hydrogens is 312 g/mol. The Balaban J connectivity index is 1.70. The molecule has 2 atom stereocenters. The Bertz CT molecular complexity index is 881. The molecule has 0 radical (unpaired) electrons. The van der Waals surface area contributed by atoms with Gasteiger partial charge in [0.2, 0.25) is 5.91 Å². The molecule has 5 nitrogen and oxygen atoms in total. The van der Waals surface area contributed by atoms with Crippen LogP contribution in [-0.2, 0) is 4.79 Å². The van der Waals surface area contributed by atoms with Gasteiger partial charge in [0.1, 0.15) is 6.07 Å². The number of piperidine rings is 1. The van der Waals surface area contributed by atoms with Crippen molar-refractivity contribution in [2.75, 3.05) is 13.1 Å². The van der Waals surface area contributed by atoms with Crippen molar-refractivity contribution < 1.29 is 4.79 Å². The number of likely N-dealkylation sites (tertiary alicyclic amines) is 1. The first-order chi connectivity index (χ1) is 12.0. The molecule has 128 valence electrons. The van der Waals surface area contributed by atoms with E-state index in [1.807, 2.05) is 29.2 Å². The Hall–Kier alpha value is -2.45. The zero-order chi connectivity index (χ0) is 17.6. The molecule has 2 fully saturated rings. The largest absolute Gasteiger partial charge is 0.340 e. The van der Waals surface area contributed by atoms with Gasteiger partial charge in [-0.3, -0.25) is 9.78 Å². The number of carbonyl (C=O) groups is 1. The van der Waals surface area contributed by atoms with Crippen LogP contribution in [0.15, 0.2) is 30.5 Å². The molecule has 2 N–H and O–H groups in total. The molecule has 5 heteroatoms. The number of nitrogens with zero attached hydrogens (tertiary/aromatic N) is 3. The number of fused-ring (bicyclic) bond motifs is 1. The Kier molecular flexibility index (Phi) is 3.73. The van der Waals surface area contributed by atoms with Gasteiger partial charge in [0.05, 0.1) is 16.6 Å². The summed E-state index contributed by atoms with van der Waals surface area (Å²) in [6.07, 6.45) is 4.34. The van der Waals surface area contributed by atoms with Gasteiger partial charge < -0.3 is 10.6 Å². The van der Waals surface area contributed by atoms with E-state index in [1.54, 1.807) is 6.20 Å². The Labute approximate surface area is 147 Å². The van der Waals surface area contributed by atoms with Crippen molar-refractivity contribution in [1.29, 1.82) is 5.26 Å². The second-order valence-corrected chi connectivity index (χ2v) is 7.62. The van der Waals surface area contributed by atoms with E-state index in [9.17, 15) is 10.1 Å². The van der Waals surface area contributed by atoms with Crippen LogP contribution in [0.1, 0.15) is 43.2 Å². The summed E-state index contributed by atoms with van der Waals surface area (Å²) in [4.78, 5) is 19.1. The van der Waals surface area contributed by atoms with Crippen LogP contribution in [0.25, 0.3) is 10.9 Å². The number of amides is 1. The zero-order valence-electron chi connectivity index (χ0n) is 14.4. The summed E-state index contributed by atoms with van der Waals surface area (Å²) in [5, 5.41) is 10.3. The standard InChI is InChI=1S/C20H22N4O/c1-13-9-15(12-24(11-13)19(25)20(22)6-7-20)16-5-4-14(10-21)18-17(16)3-2-8-23-18/h2-5,8,13,15H,6-7,9,11-12,22H2,1H3. The number of rotatable bonds is 2. The maximum absolute atomic E-state index is 12.7. The van der Waals surface area contributed by atoms with Crippen LogP contribution in [0.5, 0.6) is 0 Å². The minimum atomic E-state index is -0.615. The molecule has 1 aliphatic carbocycles. The number of carbonyl (C=O) groups excluding carboxylic acids is 1. The molecule has 0 spiro atoms. The minimum Gasteiger partial charge on any atom is -0.340 e. The molecule has 1 aromatic carbocycles. The van der Waals surface area contributed by atoms with E-state index >= 15 is 0 Å². The molecule has 1 aromatic heterocycles. The van der Waals surface area contributed by atoms with E-state index in [0.717, 1.165) is 36.7 Å². The molecular formula is C20H22N4O. The summed E-state index contributed by atoms with van der Waals surface area (Å²) in [6.45, 7) is 3.66. The van der Waals surface area contributed by atoms with Crippen molar-refractivity contribution in [2.45, 2.75) is 37.6 Å². The fourth-order valence-electron chi connectivity index (χ4n) is 4.05. The molecule has 1 amide bonds. The van der Waals surface area contributed by atoms with Gasteiger partial charge in [0.25, 0.3) is 0 Å². The number of pyridine rings is 1. The fourth-order valence-corrected chi connectivity index (χ4v) is 4.05. The van der Waals surface area contributed by atoms with Crippen molar-refractivity contribution >= 4 is 16.8 Å². The normalized spacial score (nSPS) is 24.8. The SMILES string of the molecule is CC1CC(c2ccc(C#N)c3ncccc23)CN(C(=O)C2(N)CC2)C1. The van der Waals surface area contributed by atoms with Gasteiger partial charge in [-0.1, -0.05) is 19.1 Å². The molecule has 1 aliphatic heterocycles. The third kappa shape index (κ3) is 2.77. The number of benzene rings is 1. The predicted octanol–water partition coefficient (Wildman–Crippen LogP) is 2.55. The third-order valence-electron chi connectivity index (χ3n) is 5.53. The zero-order valence-corrected chi connectivity index (χ0v) is 14.4. The highest BCUT2D eigenvalue weighted by atomic mass is 16.2. The van der Waals surface area contributed by atoms with Crippen LogP contribution < -0.4 is 5.73 Å². The Morgan fingerprint density at radius 2 is 2.16 bits per heavy atom. The molecule has 2 aliphatic rings. The van der Waals surface area contributed by atoms with Crippen LogP contribution in [0.4, 0.5) is 0 Å². The van der Waals surface area contributed by atoms with Gasteiger partial charge in [-0.25, -0.2) is 0 Å². The second-order valence-electron chi connectivity index (χ2n) is 7.62. The summed E-state index contributed by atoms with van der Waals surface area (Å²) >= 11 is 0. The highest BCUT2D eigenvalue weighted by Gasteiger charge is 2.49. The van der Waals surface area contributed by atoms with Gasteiger partial charge >= 0.3 is 0 Å². The molecule has 2 aromatic rings. The van der Waals surface area contributed by atoms with E-state index < -0.39 is 5.54 Å². The predicted molar refractivity (Wildman–Crippen MR) is 95.7 cm³/mol. The monoisotopic (exact) mass is 334 g/mol. The molecule has 0 bridgehead atoms. The number of nitrogens with two attached hydrogens (primary N) is 1. The second kappa shape index (κ2) is 5.82. The number of aromatic nitrogens is 1. The van der Waals surface area contributed by atoms with Crippen molar-refractivity contribution in [3.8, 4) is 6.07 Å². The number of hydrogen-bond acceptors (Lipinski definition) is 4. The summed E-state index contributed by atoms with van der Waals surface area (Å²) < 4.78 is 0. The lowest BCUT2D eigenvalue weighted by Gasteiger charge is -2.38. The average molecular weight is 334 g/mol. The van der Waals surface area contributed by atoms with Gasteiger partial charge in [0, 0.05) is 30.6 Å². The van der Waals surface area contributed by atoms with Crippen molar-refractivity contribution in [3.05, 3.63) is 41.6 Å². The quantitative estimate of drug-likeness (QED) is 0.915. The summed E-state index contributed by atoms with van der Waals surface area (Å²) in [6, 6.07) is 10.0. The Morgan fingerprint density at radius 3 is 2.88 bits per heavy atom. The lowest BCUT2D eigenvalue weighted by atomic mass is 9.83. The van der Waals surface area contributed by atoms with Gasteiger partial charge in [0.15, 0.2) is 0 Å². The highest BCUT2D eigenvalue weighted by molar-refractivity contribution is 5.90. The molecule has 25 heavy (non-hydrogen) atoms. The molecule has 4 rings (SSSR count). The van der Waals surface area contributed by atoms with Crippen LogP contribution in [-0.4, -0.2) is 34.4 Å². The summed E-state index contributed by atoms with van der Waals surface area (Å²) in [5.41, 5.74) is 8.04. The van der Waals surface area contributed by atoms with Crippen molar-refractivity contribution in [2.24, 2.45) is 11.7 Å². The first-order valence-corrected chi connectivity index (χ1v) is 8.88. The van der Waals surface area contributed by atoms with E-state index in [1.165, 1.54) is 5.56 Å². The number of nitriles is 1. The molecule has 1 saturated heterocycles. The summed E-state index contributed by atoms with van der Waals surface area (Å²) in [7, 11) is 0. The van der Waals surface area contributed by atoms with Gasteiger partial charge in [-0.05, 0) is 42.9 Å².